The lowest BCUT2D eigenvalue weighted by molar-refractivity contribution is 0.0696. The summed E-state index contributed by atoms with van der Waals surface area (Å²) < 4.78 is 0. The SMILES string of the molecule is Cc1c(C#N)c(Nc2ccccc2)nc(Nc2ccccc2)c1N=Nc1sc(N=Nc2cc(C(=O)O)cc(C(=O)O)c2)cc1C#N. The van der Waals surface area contributed by atoms with Crippen molar-refractivity contribution in [3.05, 3.63) is 113 Å². The van der Waals surface area contributed by atoms with Gasteiger partial charge in [0.25, 0.3) is 0 Å². The molecule has 4 N–H and O–H groups in total. The molecule has 0 saturated heterocycles. The minimum Gasteiger partial charge on any atom is -0.478 e. The highest BCUT2D eigenvalue weighted by Gasteiger charge is 2.19. The van der Waals surface area contributed by atoms with E-state index in [0.717, 1.165) is 28.8 Å². The molecule has 0 saturated carbocycles. The van der Waals surface area contributed by atoms with E-state index in [1.54, 1.807) is 6.92 Å². The van der Waals surface area contributed by atoms with Crippen LogP contribution in [0.3, 0.4) is 0 Å². The molecule has 14 heteroatoms. The average Bonchev–Trinajstić information content (AvgIpc) is 3.46. The van der Waals surface area contributed by atoms with Crippen molar-refractivity contribution in [3.63, 3.8) is 0 Å². The van der Waals surface area contributed by atoms with E-state index in [4.69, 9.17) is 0 Å². The fourth-order valence-corrected chi connectivity index (χ4v) is 4.89. The van der Waals surface area contributed by atoms with Gasteiger partial charge in [-0.25, -0.2) is 14.6 Å². The number of anilines is 4. The van der Waals surface area contributed by atoms with E-state index in [1.807, 2.05) is 66.7 Å². The van der Waals surface area contributed by atoms with Crippen molar-refractivity contribution in [1.82, 2.24) is 4.98 Å². The number of pyridine rings is 1. The van der Waals surface area contributed by atoms with E-state index in [9.17, 15) is 30.3 Å². The third-order valence-corrected chi connectivity index (χ3v) is 7.24. The van der Waals surface area contributed by atoms with E-state index in [-0.39, 0.29) is 43.6 Å². The number of hydrogen-bond acceptors (Lipinski definition) is 12. The molecule has 0 fully saturated rings. The van der Waals surface area contributed by atoms with Crippen LogP contribution in [0, 0.1) is 29.6 Å². The number of carboxylic acids is 2. The molecule has 0 bridgehead atoms. The van der Waals surface area contributed by atoms with Crippen molar-refractivity contribution in [2.75, 3.05) is 10.6 Å². The predicted octanol–water partition coefficient (Wildman–Crippen LogP) is 8.91. The van der Waals surface area contributed by atoms with Crippen molar-refractivity contribution >= 4 is 67.7 Å². The van der Waals surface area contributed by atoms with Crippen LogP contribution < -0.4 is 10.6 Å². The summed E-state index contributed by atoms with van der Waals surface area (Å²) in [7, 11) is 0. The number of carbonyl (C=O) groups is 2. The van der Waals surface area contributed by atoms with Gasteiger partial charge in [0.2, 0.25) is 0 Å². The highest BCUT2D eigenvalue weighted by Crippen LogP contribution is 2.41. The summed E-state index contributed by atoms with van der Waals surface area (Å²) in [6.07, 6.45) is 0. The summed E-state index contributed by atoms with van der Waals surface area (Å²) in [6.45, 7) is 1.72. The van der Waals surface area contributed by atoms with E-state index >= 15 is 0 Å². The first kappa shape index (κ1) is 30.7. The number of carboxylic acid groups (broad SMARTS) is 2. The van der Waals surface area contributed by atoms with Crippen molar-refractivity contribution in [2.24, 2.45) is 20.5 Å². The van der Waals surface area contributed by atoms with Gasteiger partial charge in [0.1, 0.15) is 22.8 Å². The second-order valence-corrected chi connectivity index (χ2v) is 10.5. The van der Waals surface area contributed by atoms with Gasteiger partial charge in [-0.15, -0.1) is 20.5 Å². The Kier molecular flexibility index (Phi) is 9.13. The Labute approximate surface area is 265 Å². The van der Waals surface area contributed by atoms with Gasteiger partial charge in [-0.1, -0.05) is 47.7 Å². The molecule has 0 spiro atoms. The number of nitrogens with zero attached hydrogens (tertiary/aromatic N) is 7. The van der Waals surface area contributed by atoms with E-state index < -0.39 is 11.9 Å². The molecule has 224 valence electrons. The number of azo groups is 2. The van der Waals surface area contributed by atoms with Gasteiger partial charge in [-0.3, -0.25) is 0 Å². The smallest absolute Gasteiger partial charge is 0.335 e. The Morgan fingerprint density at radius 3 is 1.89 bits per heavy atom. The number of nitrogens with one attached hydrogen (secondary N) is 2. The maximum atomic E-state index is 11.4. The second kappa shape index (κ2) is 13.7. The zero-order chi connectivity index (χ0) is 32.6. The topological polar surface area (TPSA) is 209 Å². The first-order valence-electron chi connectivity index (χ1n) is 13.3. The first-order chi connectivity index (χ1) is 22.2. The highest BCUT2D eigenvalue weighted by atomic mass is 32.1. The van der Waals surface area contributed by atoms with Crippen LogP contribution >= 0.6 is 11.3 Å². The lowest BCUT2D eigenvalue weighted by atomic mass is 10.1. The van der Waals surface area contributed by atoms with Gasteiger partial charge in [-0.05, 0) is 55.5 Å². The van der Waals surface area contributed by atoms with Gasteiger partial charge in [0.05, 0.1) is 27.9 Å². The lowest BCUT2D eigenvalue weighted by Gasteiger charge is -2.15. The molecular weight excluding hydrogens is 606 g/mol. The lowest BCUT2D eigenvalue weighted by Crippen LogP contribution is -2.04. The zero-order valence-corrected chi connectivity index (χ0v) is 24.6. The maximum absolute atomic E-state index is 11.4. The standard InChI is InChI=1S/C32H21N9O4S/c1-18-25(17-34)28(35-22-8-4-2-5-9-22)37-29(36-23-10-6-3-7-11-23)27(18)40-41-30-21(16-33)15-26(46-30)39-38-24-13-19(31(42)43)12-20(14-24)32(44)45/h2-15H,1H3,(H,42,43)(H,44,45)(H2,35,36,37). The quantitative estimate of drug-likeness (QED) is 0.109. The number of benzene rings is 3. The summed E-state index contributed by atoms with van der Waals surface area (Å²) in [4.78, 5) is 27.5. The molecule has 0 aliphatic rings. The van der Waals surface area contributed by atoms with Crippen LogP contribution in [0.2, 0.25) is 0 Å². The predicted molar refractivity (Wildman–Crippen MR) is 171 cm³/mol. The van der Waals surface area contributed by atoms with Crippen LogP contribution in [0.15, 0.2) is 105 Å². The van der Waals surface area contributed by atoms with Crippen LogP contribution in [-0.4, -0.2) is 27.1 Å². The van der Waals surface area contributed by atoms with E-state index in [0.29, 0.717) is 17.2 Å². The molecule has 0 unspecified atom stereocenters. The number of para-hydroxylation sites is 2. The number of aromatic carboxylic acids is 2. The first-order valence-corrected chi connectivity index (χ1v) is 14.1. The minimum absolute atomic E-state index is 0.000976. The number of nitriles is 2. The molecule has 46 heavy (non-hydrogen) atoms. The Hall–Kier alpha value is -6.77. The van der Waals surface area contributed by atoms with Crippen LogP contribution in [0.4, 0.5) is 44.4 Å². The molecular formula is C32H21N9O4S. The van der Waals surface area contributed by atoms with Gasteiger partial charge in [0, 0.05) is 16.9 Å². The Morgan fingerprint density at radius 1 is 0.761 bits per heavy atom. The number of thiophene rings is 1. The summed E-state index contributed by atoms with van der Waals surface area (Å²) >= 11 is 0.980. The third kappa shape index (κ3) is 7.05. The Bertz CT molecular complexity index is 2070. The minimum atomic E-state index is -1.32. The van der Waals surface area contributed by atoms with Crippen molar-refractivity contribution in [1.29, 1.82) is 10.5 Å². The third-order valence-electron chi connectivity index (χ3n) is 6.34. The van der Waals surface area contributed by atoms with Gasteiger partial charge in [-0.2, -0.15) is 10.5 Å². The van der Waals surface area contributed by atoms with E-state index in [2.05, 4.69) is 42.1 Å². The number of hydrogen-bond donors (Lipinski definition) is 4. The second-order valence-electron chi connectivity index (χ2n) is 9.45. The normalized spacial score (nSPS) is 10.8. The van der Waals surface area contributed by atoms with Gasteiger partial charge >= 0.3 is 11.9 Å². The molecule has 13 nitrogen and oxygen atoms in total. The van der Waals surface area contributed by atoms with Crippen molar-refractivity contribution in [2.45, 2.75) is 6.92 Å². The molecule has 0 radical (unpaired) electrons. The largest absolute Gasteiger partial charge is 0.478 e. The Morgan fingerprint density at radius 2 is 1.35 bits per heavy atom. The van der Waals surface area contributed by atoms with E-state index in [1.165, 1.54) is 18.2 Å². The fourth-order valence-electron chi connectivity index (χ4n) is 4.14. The summed E-state index contributed by atoms with van der Waals surface area (Å²) in [5, 5.41) is 62.0. The molecule has 2 heterocycles. The molecule has 0 aliphatic carbocycles. The van der Waals surface area contributed by atoms with Crippen molar-refractivity contribution in [3.8, 4) is 12.1 Å². The Balaban J connectivity index is 1.52. The zero-order valence-electron chi connectivity index (χ0n) is 23.8. The fraction of sp³-hybridized carbons (Fsp3) is 0.0312. The van der Waals surface area contributed by atoms with Crippen molar-refractivity contribution < 1.29 is 19.8 Å². The number of aromatic nitrogens is 1. The molecule has 2 aromatic heterocycles. The molecule has 0 aliphatic heterocycles. The van der Waals surface area contributed by atoms with Crippen LogP contribution in [0.25, 0.3) is 0 Å². The molecule has 3 aromatic carbocycles. The number of rotatable bonds is 10. The summed E-state index contributed by atoms with van der Waals surface area (Å²) in [5.74, 6) is -2.01. The van der Waals surface area contributed by atoms with Crippen LogP contribution in [-0.2, 0) is 0 Å². The van der Waals surface area contributed by atoms with Crippen LogP contribution in [0.1, 0.15) is 37.4 Å². The monoisotopic (exact) mass is 627 g/mol. The summed E-state index contributed by atoms with van der Waals surface area (Å²) in [6, 6.07) is 27.6. The van der Waals surface area contributed by atoms with Gasteiger partial charge < -0.3 is 20.8 Å². The molecule has 5 rings (SSSR count). The van der Waals surface area contributed by atoms with Crippen LogP contribution in [0.5, 0.6) is 0 Å². The van der Waals surface area contributed by atoms with Gasteiger partial charge in [0.15, 0.2) is 16.6 Å². The molecule has 0 amide bonds. The highest BCUT2D eigenvalue weighted by molar-refractivity contribution is 7.19. The molecule has 5 aromatic rings. The molecule has 0 atom stereocenters. The summed E-state index contributed by atoms with van der Waals surface area (Å²) in [5.41, 5.74) is 2.07. The average molecular weight is 628 g/mol. The maximum Gasteiger partial charge on any atom is 0.335 e.